The molecule has 9 heteroatoms. The predicted octanol–water partition coefficient (Wildman–Crippen LogP) is 2.90. The van der Waals surface area contributed by atoms with Crippen molar-refractivity contribution in [2.24, 2.45) is 11.0 Å². The fourth-order valence-electron chi connectivity index (χ4n) is 2.14. The Kier molecular flexibility index (Phi) is 7.39. The Morgan fingerprint density at radius 2 is 1.82 bits per heavy atom. The molecule has 0 fully saturated rings. The molecule has 0 spiro atoms. The summed E-state index contributed by atoms with van der Waals surface area (Å²) >= 11 is 3.20. The van der Waals surface area contributed by atoms with Gasteiger partial charge in [0.2, 0.25) is 5.91 Å². The normalized spacial score (nSPS) is 11.7. The van der Waals surface area contributed by atoms with Crippen LogP contribution in [0.3, 0.4) is 0 Å². The lowest BCUT2D eigenvalue weighted by Crippen LogP contribution is -2.34. The predicted molar refractivity (Wildman–Crippen MR) is 109 cm³/mol. The van der Waals surface area contributed by atoms with Crippen LogP contribution in [0.15, 0.2) is 46.0 Å². The highest BCUT2D eigenvalue weighted by Gasteiger charge is 2.21. The van der Waals surface area contributed by atoms with Gasteiger partial charge in [0.1, 0.15) is 11.7 Å². The van der Waals surface area contributed by atoms with E-state index in [1.165, 1.54) is 20.2 Å². The zero-order chi connectivity index (χ0) is 20.7. The van der Waals surface area contributed by atoms with Crippen LogP contribution in [0.1, 0.15) is 12.5 Å². The van der Waals surface area contributed by atoms with Crippen LogP contribution in [-0.2, 0) is 9.59 Å². The van der Waals surface area contributed by atoms with Crippen LogP contribution in [0.4, 0.5) is 5.69 Å². The lowest BCUT2D eigenvalue weighted by Gasteiger charge is -2.11. The molecule has 148 valence electrons. The summed E-state index contributed by atoms with van der Waals surface area (Å²) in [4.78, 5) is 24.3. The number of carbonyl (C=O) groups is 2. The molecule has 0 bridgehead atoms. The molecule has 2 amide bonds. The molecule has 1 atom stereocenters. The Labute approximate surface area is 170 Å². The average Bonchev–Trinajstić information content (AvgIpc) is 2.70. The summed E-state index contributed by atoms with van der Waals surface area (Å²) in [5.41, 5.74) is 3.45. The molecule has 2 rings (SSSR count). The summed E-state index contributed by atoms with van der Waals surface area (Å²) in [6.07, 6.45) is 1.37. The van der Waals surface area contributed by atoms with Crippen molar-refractivity contribution in [2.45, 2.75) is 6.92 Å². The van der Waals surface area contributed by atoms with Gasteiger partial charge in [0.25, 0.3) is 5.91 Å². The summed E-state index contributed by atoms with van der Waals surface area (Å²) in [6.45, 7) is 1.48. The number of phenols is 1. The third-order valence-electron chi connectivity index (χ3n) is 3.80. The SMILES string of the molecule is COc1ccc(NC(=O)C(C)C(=O)NN=Cc2cc(Br)c(O)c(OC)c2)cc1. The van der Waals surface area contributed by atoms with Gasteiger partial charge in [0, 0.05) is 5.69 Å². The summed E-state index contributed by atoms with van der Waals surface area (Å²) in [5, 5.41) is 16.3. The molecule has 0 aromatic heterocycles. The standard InChI is InChI=1S/C19H20BrN3O5/c1-11(18(25)22-13-4-6-14(27-2)7-5-13)19(26)23-21-10-12-8-15(20)17(24)16(9-12)28-3/h4-11,24H,1-3H3,(H,22,25)(H,23,26). The molecule has 0 heterocycles. The molecule has 1 unspecified atom stereocenters. The average molecular weight is 450 g/mol. The number of hydrazone groups is 1. The summed E-state index contributed by atoms with van der Waals surface area (Å²) in [6, 6.07) is 9.91. The minimum Gasteiger partial charge on any atom is -0.503 e. The van der Waals surface area contributed by atoms with E-state index in [9.17, 15) is 14.7 Å². The largest absolute Gasteiger partial charge is 0.503 e. The van der Waals surface area contributed by atoms with E-state index in [0.717, 1.165) is 0 Å². The molecule has 0 aliphatic heterocycles. The first-order chi connectivity index (χ1) is 13.3. The van der Waals surface area contributed by atoms with Gasteiger partial charge in [0.05, 0.1) is 24.9 Å². The molecule has 0 saturated heterocycles. The van der Waals surface area contributed by atoms with Crippen molar-refractivity contribution in [3.8, 4) is 17.2 Å². The number of anilines is 1. The molecule has 0 aliphatic rings. The molecule has 2 aromatic rings. The van der Waals surface area contributed by atoms with Crippen LogP contribution in [-0.4, -0.2) is 37.4 Å². The van der Waals surface area contributed by atoms with Crippen molar-refractivity contribution in [1.29, 1.82) is 0 Å². The van der Waals surface area contributed by atoms with Gasteiger partial charge >= 0.3 is 0 Å². The Morgan fingerprint density at radius 3 is 2.43 bits per heavy atom. The highest BCUT2D eigenvalue weighted by atomic mass is 79.9. The first kappa shape index (κ1) is 21.2. The zero-order valence-electron chi connectivity index (χ0n) is 15.5. The van der Waals surface area contributed by atoms with E-state index in [2.05, 4.69) is 31.8 Å². The lowest BCUT2D eigenvalue weighted by atomic mass is 10.1. The van der Waals surface area contributed by atoms with E-state index >= 15 is 0 Å². The highest BCUT2D eigenvalue weighted by molar-refractivity contribution is 9.10. The number of aromatic hydroxyl groups is 1. The Balaban J connectivity index is 1.95. The van der Waals surface area contributed by atoms with E-state index in [0.29, 0.717) is 21.5 Å². The number of rotatable bonds is 7. The van der Waals surface area contributed by atoms with Crippen LogP contribution >= 0.6 is 15.9 Å². The number of methoxy groups -OCH3 is 2. The second kappa shape index (κ2) is 9.75. The smallest absolute Gasteiger partial charge is 0.252 e. The molecule has 0 aliphatic carbocycles. The first-order valence-electron chi connectivity index (χ1n) is 8.20. The van der Waals surface area contributed by atoms with Gasteiger partial charge in [-0.3, -0.25) is 9.59 Å². The maximum atomic E-state index is 12.2. The topological polar surface area (TPSA) is 109 Å². The zero-order valence-corrected chi connectivity index (χ0v) is 17.1. The summed E-state index contributed by atoms with van der Waals surface area (Å²) in [5.74, 6) is -1.10. The number of hydrogen-bond donors (Lipinski definition) is 3. The van der Waals surface area contributed by atoms with E-state index in [1.54, 1.807) is 43.5 Å². The minimum absolute atomic E-state index is 0.0347. The van der Waals surface area contributed by atoms with Gasteiger partial charge in [-0.15, -0.1) is 0 Å². The van der Waals surface area contributed by atoms with Crippen LogP contribution in [0.5, 0.6) is 17.2 Å². The van der Waals surface area contributed by atoms with Crippen molar-refractivity contribution in [3.63, 3.8) is 0 Å². The van der Waals surface area contributed by atoms with Crippen molar-refractivity contribution < 1.29 is 24.2 Å². The number of nitrogens with one attached hydrogen (secondary N) is 2. The quantitative estimate of drug-likeness (QED) is 0.342. The van der Waals surface area contributed by atoms with Crippen LogP contribution in [0.25, 0.3) is 0 Å². The van der Waals surface area contributed by atoms with Crippen molar-refractivity contribution in [1.82, 2.24) is 5.43 Å². The fourth-order valence-corrected chi connectivity index (χ4v) is 2.59. The molecular formula is C19H20BrN3O5. The molecule has 8 nitrogen and oxygen atoms in total. The molecule has 0 radical (unpaired) electrons. The van der Waals surface area contributed by atoms with E-state index in [-0.39, 0.29) is 11.5 Å². The maximum absolute atomic E-state index is 12.2. The Bertz CT molecular complexity index is 884. The van der Waals surface area contributed by atoms with Crippen molar-refractivity contribution >= 4 is 39.6 Å². The summed E-state index contributed by atoms with van der Waals surface area (Å²) < 4.78 is 10.5. The second-order valence-electron chi connectivity index (χ2n) is 5.73. The van der Waals surface area contributed by atoms with Crippen LogP contribution in [0, 0.1) is 5.92 Å². The molecule has 28 heavy (non-hydrogen) atoms. The second-order valence-corrected chi connectivity index (χ2v) is 6.58. The number of phenolic OH excluding ortho intramolecular Hbond substituents is 1. The van der Waals surface area contributed by atoms with Gasteiger partial charge in [-0.1, -0.05) is 0 Å². The number of amides is 2. The third kappa shape index (κ3) is 5.46. The lowest BCUT2D eigenvalue weighted by molar-refractivity contribution is -0.131. The van der Waals surface area contributed by atoms with Crippen molar-refractivity contribution in [2.75, 3.05) is 19.5 Å². The van der Waals surface area contributed by atoms with Gasteiger partial charge in [0.15, 0.2) is 11.5 Å². The Hall–Kier alpha value is -3.07. The van der Waals surface area contributed by atoms with Gasteiger partial charge < -0.3 is 19.9 Å². The minimum atomic E-state index is -0.958. The number of hydrogen-bond acceptors (Lipinski definition) is 6. The molecule has 3 N–H and O–H groups in total. The number of ether oxygens (including phenoxy) is 2. The third-order valence-corrected chi connectivity index (χ3v) is 4.41. The molecular weight excluding hydrogens is 430 g/mol. The monoisotopic (exact) mass is 449 g/mol. The van der Waals surface area contributed by atoms with Gasteiger partial charge in [-0.25, -0.2) is 5.43 Å². The molecule has 0 saturated carbocycles. The number of benzene rings is 2. The number of halogens is 1. The van der Waals surface area contributed by atoms with Crippen LogP contribution in [0.2, 0.25) is 0 Å². The van der Waals surface area contributed by atoms with Crippen molar-refractivity contribution in [3.05, 3.63) is 46.4 Å². The van der Waals surface area contributed by atoms with Gasteiger partial charge in [-0.2, -0.15) is 5.10 Å². The molecule has 2 aromatic carbocycles. The van der Waals surface area contributed by atoms with Gasteiger partial charge in [-0.05, 0) is 64.8 Å². The number of carbonyl (C=O) groups excluding carboxylic acids is 2. The summed E-state index contributed by atoms with van der Waals surface area (Å²) in [7, 11) is 2.97. The van der Waals surface area contributed by atoms with E-state index in [4.69, 9.17) is 9.47 Å². The van der Waals surface area contributed by atoms with E-state index in [1.807, 2.05) is 0 Å². The highest BCUT2D eigenvalue weighted by Crippen LogP contribution is 2.34. The number of nitrogens with zero attached hydrogens (tertiary/aromatic N) is 1. The van der Waals surface area contributed by atoms with Crippen LogP contribution < -0.4 is 20.2 Å². The maximum Gasteiger partial charge on any atom is 0.252 e. The first-order valence-corrected chi connectivity index (χ1v) is 8.99. The Morgan fingerprint density at radius 1 is 1.14 bits per heavy atom. The fraction of sp³-hybridized carbons (Fsp3) is 0.211. The van der Waals surface area contributed by atoms with E-state index < -0.39 is 17.7 Å².